The van der Waals surface area contributed by atoms with Gasteiger partial charge in [-0.2, -0.15) is 0 Å². The van der Waals surface area contributed by atoms with Gasteiger partial charge in [-0.3, -0.25) is 4.98 Å². The molecule has 0 spiro atoms. The molecular formula is C13H14ClN3. The van der Waals surface area contributed by atoms with Crippen molar-refractivity contribution in [2.75, 3.05) is 0 Å². The first kappa shape index (κ1) is 12.0. The van der Waals surface area contributed by atoms with Crippen molar-refractivity contribution in [3.63, 3.8) is 0 Å². The monoisotopic (exact) mass is 247 g/mol. The SMILES string of the molecule is Cc1nc(Cc2cccnc2)ncc1C(C)Cl. The second-order valence-electron chi connectivity index (χ2n) is 3.98. The summed E-state index contributed by atoms with van der Waals surface area (Å²) in [5.74, 6) is 0.802. The number of pyridine rings is 1. The zero-order valence-corrected chi connectivity index (χ0v) is 10.6. The molecule has 2 rings (SSSR count). The molecule has 0 bridgehead atoms. The van der Waals surface area contributed by atoms with Gasteiger partial charge < -0.3 is 0 Å². The van der Waals surface area contributed by atoms with Crippen LogP contribution in [-0.4, -0.2) is 15.0 Å². The second kappa shape index (κ2) is 5.23. The Bertz CT molecular complexity index is 497. The van der Waals surface area contributed by atoms with E-state index in [2.05, 4.69) is 15.0 Å². The third kappa shape index (κ3) is 3.01. The van der Waals surface area contributed by atoms with Crippen LogP contribution >= 0.6 is 11.6 Å². The Kier molecular flexibility index (Phi) is 3.69. The van der Waals surface area contributed by atoms with Crippen LogP contribution in [-0.2, 0) is 6.42 Å². The van der Waals surface area contributed by atoms with Crippen molar-refractivity contribution < 1.29 is 0 Å². The van der Waals surface area contributed by atoms with E-state index < -0.39 is 0 Å². The molecule has 0 aromatic carbocycles. The highest BCUT2D eigenvalue weighted by atomic mass is 35.5. The Morgan fingerprint density at radius 1 is 1.35 bits per heavy atom. The lowest BCUT2D eigenvalue weighted by Crippen LogP contribution is -2.02. The topological polar surface area (TPSA) is 38.7 Å². The predicted octanol–water partition coefficient (Wildman–Crippen LogP) is 3.07. The number of aromatic nitrogens is 3. The van der Waals surface area contributed by atoms with Gasteiger partial charge in [-0.1, -0.05) is 6.07 Å². The lowest BCUT2D eigenvalue weighted by Gasteiger charge is -2.08. The van der Waals surface area contributed by atoms with E-state index in [0.717, 1.165) is 22.6 Å². The summed E-state index contributed by atoms with van der Waals surface area (Å²) in [4.78, 5) is 12.9. The van der Waals surface area contributed by atoms with E-state index >= 15 is 0 Å². The van der Waals surface area contributed by atoms with Gasteiger partial charge in [0.05, 0.1) is 5.38 Å². The quantitative estimate of drug-likeness (QED) is 0.783. The Morgan fingerprint density at radius 2 is 2.18 bits per heavy atom. The van der Waals surface area contributed by atoms with Gasteiger partial charge in [0.1, 0.15) is 5.82 Å². The number of hydrogen-bond donors (Lipinski definition) is 0. The minimum Gasteiger partial charge on any atom is -0.264 e. The molecule has 2 aromatic rings. The molecule has 1 unspecified atom stereocenters. The zero-order valence-electron chi connectivity index (χ0n) is 9.89. The lowest BCUT2D eigenvalue weighted by molar-refractivity contribution is 0.892. The van der Waals surface area contributed by atoms with Crippen LogP contribution in [0.4, 0.5) is 0 Å². The minimum absolute atomic E-state index is 0.0533. The van der Waals surface area contributed by atoms with Gasteiger partial charge in [0.15, 0.2) is 0 Å². The molecule has 0 aliphatic rings. The van der Waals surface area contributed by atoms with Gasteiger partial charge in [-0.05, 0) is 25.5 Å². The zero-order chi connectivity index (χ0) is 12.3. The first-order valence-electron chi connectivity index (χ1n) is 5.52. The molecule has 0 N–H and O–H groups in total. The van der Waals surface area contributed by atoms with Crippen molar-refractivity contribution in [3.05, 3.63) is 53.4 Å². The minimum atomic E-state index is -0.0533. The maximum Gasteiger partial charge on any atom is 0.132 e. The predicted molar refractivity (Wildman–Crippen MR) is 68.1 cm³/mol. The van der Waals surface area contributed by atoms with E-state index in [0.29, 0.717) is 6.42 Å². The summed E-state index contributed by atoms with van der Waals surface area (Å²) in [6, 6.07) is 3.93. The van der Waals surface area contributed by atoms with Crippen LogP contribution in [0.5, 0.6) is 0 Å². The second-order valence-corrected chi connectivity index (χ2v) is 4.64. The molecule has 0 aliphatic heterocycles. The summed E-state index contributed by atoms with van der Waals surface area (Å²) in [7, 11) is 0. The number of aryl methyl sites for hydroxylation is 1. The van der Waals surface area contributed by atoms with Gasteiger partial charge in [0.2, 0.25) is 0 Å². The molecule has 2 heterocycles. The molecule has 1 atom stereocenters. The van der Waals surface area contributed by atoms with Gasteiger partial charge in [0, 0.05) is 36.3 Å². The van der Waals surface area contributed by atoms with Gasteiger partial charge in [-0.25, -0.2) is 9.97 Å². The molecule has 0 saturated heterocycles. The number of halogens is 1. The average Bonchev–Trinajstić information content (AvgIpc) is 2.30. The summed E-state index contributed by atoms with van der Waals surface area (Å²) in [5.41, 5.74) is 3.04. The summed E-state index contributed by atoms with van der Waals surface area (Å²) in [6.07, 6.45) is 6.10. The summed E-state index contributed by atoms with van der Waals surface area (Å²) < 4.78 is 0. The van der Waals surface area contributed by atoms with Crippen LogP contribution in [0.3, 0.4) is 0 Å². The van der Waals surface area contributed by atoms with Crippen molar-refractivity contribution in [2.24, 2.45) is 0 Å². The Labute approximate surface area is 106 Å². The van der Waals surface area contributed by atoms with Crippen LogP contribution in [0.2, 0.25) is 0 Å². The fourth-order valence-electron chi connectivity index (χ4n) is 1.69. The molecule has 0 amide bonds. The molecular weight excluding hydrogens is 234 g/mol. The number of alkyl halides is 1. The van der Waals surface area contributed by atoms with Crippen molar-refractivity contribution in [1.29, 1.82) is 0 Å². The van der Waals surface area contributed by atoms with Crippen molar-refractivity contribution in [2.45, 2.75) is 25.6 Å². The van der Waals surface area contributed by atoms with Crippen LogP contribution in [0.1, 0.15) is 34.9 Å². The molecule has 0 fully saturated rings. The standard InChI is InChI=1S/C13H14ClN3/c1-9(14)12-8-16-13(17-10(12)2)6-11-4-3-5-15-7-11/h3-5,7-9H,6H2,1-2H3. The number of hydrogen-bond acceptors (Lipinski definition) is 3. The smallest absolute Gasteiger partial charge is 0.132 e. The van der Waals surface area contributed by atoms with Crippen LogP contribution in [0.25, 0.3) is 0 Å². The molecule has 0 saturated carbocycles. The Balaban J connectivity index is 2.21. The maximum absolute atomic E-state index is 6.03. The molecule has 88 valence electrons. The van der Waals surface area contributed by atoms with E-state index in [9.17, 15) is 0 Å². The van der Waals surface area contributed by atoms with Gasteiger partial charge >= 0.3 is 0 Å². The van der Waals surface area contributed by atoms with Gasteiger partial charge in [0.25, 0.3) is 0 Å². The summed E-state index contributed by atoms with van der Waals surface area (Å²) >= 11 is 6.03. The van der Waals surface area contributed by atoms with Crippen molar-refractivity contribution >= 4 is 11.6 Å². The van der Waals surface area contributed by atoms with Crippen molar-refractivity contribution in [3.8, 4) is 0 Å². The van der Waals surface area contributed by atoms with E-state index in [1.165, 1.54) is 0 Å². The highest BCUT2D eigenvalue weighted by Crippen LogP contribution is 2.21. The number of rotatable bonds is 3. The molecule has 2 aromatic heterocycles. The third-order valence-electron chi connectivity index (χ3n) is 2.58. The van der Waals surface area contributed by atoms with Crippen LogP contribution in [0, 0.1) is 6.92 Å². The molecule has 0 radical (unpaired) electrons. The van der Waals surface area contributed by atoms with E-state index in [1.54, 1.807) is 6.20 Å². The van der Waals surface area contributed by atoms with Crippen LogP contribution in [0.15, 0.2) is 30.7 Å². The summed E-state index contributed by atoms with van der Waals surface area (Å²) in [6.45, 7) is 3.89. The highest BCUT2D eigenvalue weighted by molar-refractivity contribution is 6.20. The maximum atomic E-state index is 6.03. The molecule has 17 heavy (non-hydrogen) atoms. The average molecular weight is 248 g/mol. The Hall–Kier alpha value is -1.48. The summed E-state index contributed by atoms with van der Waals surface area (Å²) in [5, 5.41) is -0.0533. The Morgan fingerprint density at radius 3 is 2.76 bits per heavy atom. The highest BCUT2D eigenvalue weighted by Gasteiger charge is 2.08. The fourth-order valence-corrected chi connectivity index (χ4v) is 1.90. The van der Waals surface area contributed by atoms with Gasteiger partial charge in [-0.15, -0.1) is 11.6 Å². The lowest BCUT2D eigenvalue weighted by atomic mass is 10.1. The van der Waals surface area contributed by atoms with Crippen molar-refractivity contribution in [1.82, 2.24) is 15.0 Å². The first-order valence-corrected chi connectivity index (χ1v) is 5.96. The first-order chi connectivity index (χ1) is 8.16. The van der Waals surface area contributed by atoms with E-state index in [1.807, 2.05) is 38.4 Å². The normalized spacial score (nSPS) is 12.4. The fraction of sp³-hybridized carbons (Fsp3) is 0.308. The molecule has 4 heteroatoms. The van der Waals surface area contributed by atoms with E-state index in [4.69, 9.17) is 11.6 Å². The number of nitrogens with zero attached hydrogens (tertiary/aromatic N) is 3. The molecule has 3 nitrogen and oxygen atoms in total. The van der Waals surface area contributed by atoms with Crippen LogP contribution < -0.4 is 0 Å². The van der Waals surface area contributed by atoms with E-state index in [-0.39, 0.29) is 5.38 Å². The largest absolute Gasteiger partial charge is 0.264 e. The third-order valence-corrected chi connectivity index (χ3v) is 2.82. The molecule has 0 aliphatic carbocycles.